The molecular weight excluding hydrogens is 420 g/mol. The van der Waals surface area contributed by atoms with Crippen molar-refractivity contribution in [3.8, 4) is 11.1 Å². The van der Waals surface area contributed by atoms with Crippen LogP contribution in [-0.2, 0) is 9.59 Å². The molecule has 0 saturated carbocycles. The number of nitrogen functional groups attached to an aromatic ring is 1. The fourth-order valence-electron chi connectivity index (χ4n) is 3.29. The number of nitrogens with one attached hydrogen (secondary N) is 2. The highest BCUT2D eigenvalue weighted by Gasteiger charge is 2.24. The van der Waals surface area contributed by atoms with E-state index in [1.165, 1.54) is 4.90 Å². The molecule has 0 aliphatic rings. The first kappa shape index (κ1) is 23.6. The van der Waals surface area contributed by atoms with Gasteiger partial charge in [-0.15, -0.1) is 0 Å². The van der Waals surface area contributed by atoms with Crippen LogP contribution in [0.5, 0.6) is 0 Å². The van der Waals surface area contributed by atoms with Gasteiger partial charge < -0.3 is 26.2 Å². The zero-order valence-corrected chi connectivity index (χ0v) is 17.9. The molecule has 0 unspecified atom stereocenters. The van der Waals surface area contributed by atoms with Gasteiger partial charge in [-0.05, 0) is 47.5 Å². The molecule has 0 spiro atoms. The van der Waals surface area contributed by atoms with E-state index in [-0.39, 0.29) is 19.0 Å². The molecule has 3 aromatic carbocycles. The van der Waals surface area contributed by atoms with Crippen LogP contribution in [0.25, 0.3) is 11.1 Å². The maximum absolute atomic E-state index is 12.8. The van der Waals surface area contributed by atoms with Crippen molar-refractivity contribution in [3.05, 3.63) is 84.4 Å². The number of benzene rings is 3. The fourth-order valence-corrected chi connectivity index (χ4v) is 3.29. The van der Waals surface area contributed by atoms with Gasteiger partial charge in [-0.1, -0.05) is 42.5 Å². The number of amides is 2. The molecule has 0 heterocycles. The van der Waals surface area contributed by atoms with E-state index in [2.05, 4.69) is 5.32 Å². The Bertz CT molecular complexity index is 1100. The average molecular weight is 447 g/mol. The summed E-state index contributed by atoms with van der Waals surface area (Å²) in [6.45, 7) is -0.235. The first-order valence-electron chi connectivity index (χ1n) is 10.4. The van der Waals surface area contributed by atoms with Crippen LogP contribution >= 0.6 is 0 Å². The maximum Gasteiger partial charge on any atom is 0.253 e. The van der Waals surface area contributed by atoms with Crippen molar-refractivity contribution < 1.29 is 19.8 Å². The van der Waals surface area contributed by atoms with Gasteiger partial charge in [0.25, 0.3) is 5.91 Å². The summed E-state index contributed by atoms with van der Waals surface area (Å²) in [4.78, 5) is 26.5. The molecule has 0 aromatic heterocycles. The van der Waals surface area contributed by atoms with E-state index in [1.54, 1.807) is 36.4 Å². The second-order valence-electron chi connectivity index (χ2n) is 7.38. The van der Waals surface area contributed by atoms with Crippen molar-refractivity contribution >= 4 is 29.0 Å². The second-order valence-corrected chi connectivity index (χ2v) is 7.38. The van der Waals surface area contributed by atoms with E-state index in [4.69, 9.17) is 11.1 Å². The Kier molecular flexibility index (Phi) is 7.91. The van der Waals surface area contributed by atoms with E-state index < -0.39 is 24.3 Å². The van der Waals surface area contributed by atoms with Crippen LogP contribution in [-0.4, -0.2) is 47.1 Å². The number of amidine groups is 1. The zero-order chi connectivity index (χ0) is 23.8. The van der Waals surface area contributed by atoms with Crippen LogP contribution in [0.2, 0.25) is 0 Å². The minimum Gasteiger partial charge on any atom is -0.395 e. The summed E-state index contributed by atoms with van der Waals surface area (Å²) in [5.41, 5.74) is 8.88. The molecule has 170 valence electrons. The molecule has 0 bridgehead atoms. The van der Waals surface area contributed by atoms with Crippen molar-refractivity contribution in [2.45, 2.75) is 12.5 Å². The first-order chi connectivity index (χ1) is 15.9. The summed E-state index contributed by atoms with van der Waals surface area (Å²) < 4.78 is 0. The van der Waals surface area contributed by atoms with Crippen molar-refractivity contribution in [1.29, 1.82) is 5.41 Å². The summed E-state index contributed by atoms with van der Waals surface area (Å²) in [6.07, 6.45) is -2.02. The van der Waals surface area contributed by atoms with Crippen LogP contribution in [0, 0.1) is 5.41 Å². The largest absolute Gasteiger partial charge is 0.395 e. The van der Waals surface area contributed by atoms with Gasteiger partial charge in [0, 0.05) is 23.5 Å². The molecule has 0 radical (unpaired) electrons. The minimum absolute atomic E-state index is 0.0321. The average Bonchev–Trinajstić information content (AvgIpc) is 2.83. The predicted octanol–water partition coefficient (Wildman–Crippen LogP) is 2.35. The standard InChI is InChI=1S/C25H26N4O4/c26-24(27)19-6-10-20(11-7-19)28-25(33)22(31)16-23(32)29(14-15-30)21-12-8-18(9-13-21)17-4-2-1-3-5-17/h1-13,22,30-31H,14-16H2,(H3,26,27)(H,28,33)/t22-/m1/s1. The van der Waals surface area contributed by atoms with Gasteiger partial charge in [0.05, 0.1) is 13.0 Å². The third-order valence-corrected chi connectivity index (χ3v) is 5.04. The number of aliphatic hydroxyl groups is 2. The maximum atomic E-state index is 12.8. The molecule has 6 N–H and O–H groups in total. The number of hydrogen-bond donors (Lipinski definition) is 5. The van der Waals surface area contributed by atoms with Crippen LogP contribution < -0.4 is 16.0 Å². The molecule has 2 amide bonds. The second kappa shape index (κ2) is 11.0. The highest BCUT2D eigenvalue weighted by molar-refractivity contribution is 6.01. The molecular formula is C25H26N4O4. The van der Waals surface area contributed by atoms with Gasteiger partial charge in [0.2, 0.25) is 5.91 Å². The topological polar surface area (TPSA) is 140 Å². The summed E-state index contributed by atoms with van der Waals surface area (Å²) in [5, 5.41) is 29.6. The lowest BCUT2D eigenvalue weighted by Crippen LogP contribution is -2.39. The van der Waals surface area contributed by atoms with Crippen LogP contribution in [0.1, 0.15) is 12.0 Å². The van der Waals surface area contributed by atoms with Crippen molar-refractivity contribution in [2.75, 3.05) is 23.4 Å². The Morgan fingerprint density at radius 3 is 2.12 bits per heavy atom. The highest BCUT2D eigenvalue weighted by atomic mass is 16.3. The number of nitrogens with two attached hydrogens (primary N) is 1. The molecule has 33 heavy (non-hydrogen) atoms. The number of rotatable bonds is 9. The smallest absolute Gasteiger partial charge is 0.253 e. The lowest BCUT2D eigenvalue weighted by atomic mass is 10.1. The molecule has 0 fully saturated rings. The Hall–Kier alpha value is -4.01. The Morgan fingerprint density at radius 2 is 1.55 bits per heavy atom. The molecule has 0 saturated heterocycles. The Labute approximate surface area is 191 Å². The number of carbonyl (C=O) groups is 2. The molecule has 3 rings (SSSR count). The Balaban J connectivity index is 1.65. The van der Waals surface area contributed by atoms with Crippen molar-refractivity contribution in [2.24, 2.45) is 5.73 Å². The zero-order valence-electron chi connectivity index (χ0n) is 17.9. The van der Waals surface area contributed by atoms with Crippen LogP contribution in [0.3, 0.4) is 0 Å². The SMILES string of the molecule is N=C(N)c1ccc(NC(=O)[C@H](O)CC(=O)N(CCO)c2ccc(-c3ccccc3)cc2)cc1. The minimum atomic E-state index is -1.57. The van der Waals surface area contributed by atoms with Gasteiger partial charge in [-0.2, -0.15) is 0 Å². The summed E-state index contributed by atoms with van der Waals surface area (Å²) in [5.74, 6) is -1.33. The van der Waals surface area contributed by atoms with Gasteiger partial charge in [-0.3, -0.25) is 15.0 Å². The quantitative estimate of drug-likeness (QED) is 0.254. The van der Waals surface area contributed by atoms with Crippen LogP contribution in [0.15, 0.2) is 78.9 Å². The molecule has 3 aromatic rings. The van der Waals surface area contributed by atoms with Gasteiger partial charge in [0.15, 0.2) is 0 Å². The van der Waals surface area contributed by atoms with Crippen molar-refractivity contribution in [1.82, 2.24) is 0 Å². The molecule has 8 heteroatoms. The third-order valence-electron chi connectivity index (χ3n) is 5.04. The summed E-state index contributed by atoms with van der Waals surface area (Å²) in [7, 11) is 0. The molecule has 0 aliphatic heterocycles. The molecule has 1 atom stereocenters. The van der Waals surface area contributed by atoms with E-state index in [9.17, 15) is 19.8 Å². The summed E-state index contributed by atoms with van der Waals surface area (Å²) >= 11 is 0. The lowest BCUT2D eigenvalue weighted by molar-refractivity contribution is -0.129. The monoisotopic (exact) mass is 446 g/mol. The summed E-state index contributed by atoms with van der Waals surface area (Å²) in [6, 6.07) is 23.3. The fraction of sp³-hybridized carbons (Fsp3) is 0.160. The number of nitrogens with zero attached hydrogens (tertiary/aromatic N) is 1. The highest BCUT2D eigenvalue weighted by Crippen LogP contribution is 2.23. The predicted molar refractivity (Wildman–Crippen MR) is 128 cm³/mol. The molecule has 0 aliphatic carbocycles. The first-order valence-corrected chi connectivity index (χ1v) is 10.4. The van der Waals surface area contributed by atoms with E-state index >= 15 is 0 Å². The van der Waals surface area contributed by atoms with Gasteiger partial charge >= 0.3 is 0 Å². The van der Waals surface area contributed by atoms with E-state index in [0.717, 1.165) is 11.1 Å². The van der Waals surface area contributed by atoms with E-state index in [0.29, 0.717) is 16.9 Å². The third kappa shape index (κ3) is 6.25. The number of carbonyl (C=O) groups excluding carboxylic acids is 2. The number of aliphatic hydroxyl groups excluding tert-OH is 2. The molecule has 8 nitrogen and oxygen atoms in total. The lowest BCUT2D eigenvalue weighted by Gasteiger charge is -2.23. The Morgan fingerprint density at radius 1 is 0.939 bits per heavy atom. The normalized spacial score (nSPS) is 11.5. The van der Waals surface area contributed by atoms with Crippen LogP contribution in [0.4, 0.5) is 11.4 Å². The number of anilines is 2. The van der Waals surface area contributed by atoms with E-state index in [1.807, 2.05) is 42.5 Å². The van der Waals surface area contributed by atoms with Crippen molar-refractivity contribution in [3.63, 3.8) is 0 Å². The van der Waals surface area contributed by atoms with Gasteiger partial charge in [0.1, 0.15) is 11.9 Å². The van der Waals surface area contributed by atoms with Gasteiger partial charge in [-0.25, -0.2) is 0 Å². The number of hydrogen-bond acceptors (Lipinski definition) is 5.